The lowest BCUT2D eigenvalue weighted by Crippen LogP contribution is -2.17. The van der Waals surface area contributed by atoms with Gasteiger partial charge in [-0.25, -0.2) is 4.79 Å². The minimum Gasteiger partial charge on any atom is -0.478 e. The van der Waals surface area contributed by atoms with Crippen molar-refractivity contribution in [1.82, 2.24) is 10.2 Å². The number of rotatable bonds is 9. The number of carbonyl (C=O) groups is 1. The maximum absolute atomic E-state index is 11.3. The molecule has 1 heterocycles. The molecule has 0 unspecified atom stereocenters. The van der Waals surface area contributed by atoms with Gasteiger partial charge in [-0.2, -0.15) is 0 Å². The van der Waals surface area contributed by atoms with Crippen molar-refractivity contribution in [1.29, 1.82) is 0 Å². The smallest absolute Gasteiger partial charge is 0.335 e. The number of carboxylic acid groups (broad SMARTS) is 1. The standard InChI is InChI=1S/C27H31ClN2O2.C2H6/c1-5-19(13-14-25(29-4)20-11-12-20)23-9-7-8-10-24(23)22(6-2)26(28)30-16-15-21(27(31)32)17-18(30)3;1-2/h7-10,13-17,20,29H,3,5-6,11-12H2,1-2,4H3,(H,31,32);1-2H3/b19-13+,25-14-,26-22+;. The molecule has 3 rings (SSSR count). The average molecular weight is 481 g/mol. The van der Waals surface area contributed by atoms with E-state index in [9.17, 15) is 9.90 Å². The number of nitrogens with zero attached hydrogens (tertiary/aromatic N) is 1. The van der Waals surface area contributed by atoms with Crippen molar-refractivity contribution in [3.8, 4) is 0 Å². The molecule has 4 nitrogen and oxygen atoms in total. The van der Waals surface area contributed by atoms with E-state index in [4.69, 9.17) is 11.6 Å². The van der Waals surface area contributed by atoms with Crippen molar-refractivity contribution < 1.29 is 9.90 Å². The van der Waals surface area contributed by atoms with Gasteiger partial charge in [0.05, 0.1) is 5.57 Å². The summed E-state index contributed by atoms with van der Waals surface area (Å²) in [6.07, 6.45) is 13.3. The van der Waals surface area contributed by atoms with Crippen LogP contribution in [0.1, 0.15) is 64.5 Å². The minimum absolute atomic E-state index is 0.188. The summed E-state index contributed by atoms with van der Waals surface area (Å²) < 4.78 is 0. The first-order chi connectivity index (χ1) is 16.4. The lowest BCUT2D eigenvalue weighted by atomic mass is 9.91. The van der Waals surface area contributed by atoms with E-state index in [1.165, 1.54) is 36.3 Å². The topological polar surface area (TPSA) is 52.6 Å². The molecule has 2 aliphatic rings. The Hall–Kier alpha value is -2.98. The quantitative estimate of drug-likeness (QED) is 0.281. The molecule has 182 valence electrons. The predicted molar refractivity (Wildman–Crippen MR) is 145 cm³/mol. The van der Waals surface area contributed by atoms with Crippen molar-refractivity contribution in [2.75, 3.05) is 7.05 Å². The molecular formula is C29H37ClN2O2. The maximum atomic E-state index is 11.3. The highest BCUT2D eigenvalue weighted by Gasteiger charge is 2.25. The van der Waals surface area contributed by atoms with Crippen LogP contribution in [0.2, 0.25) is 0 Å². The van der Waals surface area contributed by atoms with Gasteiger partial charge in [0.25, 0.3) is 0 Å². The van der Waals surface area contributed by atoms with Gasteiger partial charge >= 0.3 is 5.97 Å². The Morgan fingerprint density at radius 2 is 1.82 bits per heavy atom. The molecule has 1 saturated carbocycles. The third-order valence-corrected chi connectivity index (χ3v) is 6.25. The molecular weight excluding hydrogens is 444 g/mol. The molecule has 0 saturated heterocycles. The lowest BCUT2D eigenvalue weighted by Gasteiger charge is -2.26. The maximum Gasteiger partial charge on any atom is 0.335 e. The SMILES string of the molecule is C=C1C=C(C(=O)O)C=CN1/C(Cl)=C(\CC)c1ccccc1/C(=C/C=C(\NC)C1CC1)CC.CC. The molecule has 34 heavy (non-hydrogen) atoms. The van der Waals surface area contributed by atoms with Crippen LogP contribution in [0.25, 0.3) is 11.1 Å². The average Bonchev–Trinajstić information content (AvgIpc) is 3.69. The highest BCUT2D eigenvalue weighted by molar-refractivity contribution is 6.32. The van der Waals surface area contributed by atoms with Crippen molar-refractivity contribution >= 4 is 28.7 Å². The molecule has 1 fully saturated rings. The molecule has 1 aliphatic heterocycles. The normalized spacial score (nSPS) is 16.9. The number of aliphatic carboxylic acids is 1. The van der Waals surface area contributed by atoms with Gasteiger partial charge in [-0.15, -0.1) is 0 Å². The minimum atomic E-state index is -0.985. The van der Waals surface area contributed by atoms with E-state index in [2.05, 4.69) is 56.1 Å². The summed E-state index contributed by atoms with van der Waals surface area (Å²) in [5.74, 6) is -0.327. The number of hydrogen-bond acceptors (Lipinski definition) is 3. The summed E-state index contributed by atoms with van der Waals surface area (Å²) in [6.45, 7) is 12.2. The van der Waals surface area contributed by atoms with E-state index in [1.807, 2.05) is 27.0 Å². The zero-order valence-corrected chi connectivity index (χ0v) is 21.7. The molecule has 0 aromatic heterocycles. The van der Waals surface area contributed by atoms with Gasteiger partial charge in [0.2, 0.25) is 0 Å². The van der Waals surface area contributed by atoms with Crippen molar-refractivity contribution in [2.45, 2.75) is 53.4 Å². The van der Waals surface area contributed by atoms with Crippen LogP contribution >= 0.6 is 11.6 Å². The van der Waals surface area contributed by atoms with E-state index in [0.29, 0.717) is 16.8 Å². The summed E-state index contributed by atoms with van der Waals surface area (Å²) in [5.41, 5.74) is 6.45. The molecule has 1 aromatic carbocycles. The van der Waals surface area contributed by atoms with Crippen LogP contribution in [-0.2, 0) is 4.79 Å². The van der Waals surface area contributed by atoms with Gasteiger partial charge in [-0.3, -0.25) is 0 Å². The third kappa shape index (κ3) is 6.54. The summed E-state index contributed by atoms with van der Waals surface area (Å²) in [4.78, 5) is 13.0. The largest absolute Gasteiger partial charge is 0.478 e. The van der Waals surface area contributed by atoms with Crippen LogP contribution in [0.3, 0.4) is 0 Å². The van der Waals surface area contributed by atoms with E-state index in [-0.39, 0.29) is 5.57 Å². The summed E-state index contributed by atoms with van der Waals surface area (Å²) >= 11 is 6.88. The second-order valence-electron chi connectivity index (χ2n) is 7.94. The number of nitrogens with one attached hydrogen (secondary N) is 1. The monoisotopic (exact) mass is 480 g/mol. The summed E-state index contributed by atoms with van der Waals surface area (Å²) in [5, 5.41) is 13.1. The van der Waals surface area contributed by atoms with Crippen LogP contribution in [0.4, 0.5) is 0 Å². The molecule has 1 aromatic rings. The Kier molecular flexibility index (Phi) is 10.5. The predicted octanol–water partition coefficient (Wildman–Crippen LogP) is 7.69. The molecule has 5 heteroatoms. The van der Waals surface area contributed by atoms with E-state index in [1.54, 1.807) is 11.1 Å². The van der Waals surface area contributed by atoms with E-state index < -0.39 is 5.97 Å². The van der Waals surface area contributed by atoms with Crippen LogP contribution in [0, 0.1) is 5.92 Å². The Bertz CT molecular complexity index is 1060. The van der Waals surface area contributed by atoms with Gasteiger partial charge in [-0.05, 0) is 72.1 Å². The van der Waals surface area contributed by atoms with Crippen LogP contribution < -0.4 is 5.32 Å². The van der Waals surface area contributed by atoms with Crippen molar-refractivity contribution in [3.63, 3.8) is 0 Å². The number of hydrogen-bond donors (Lipinski definition) is 2. The Morgan fingerprint density at radius 3 is 2.32 bits per heavy atom. The number of carboxylic acids is 1. The van der Waals surface area contributed by atoms with Gasteiger partial charge in [0.15, 0.2) is 0 Å². The van der Waals surface area contributed by atoms with Crippen LogP contribution in [-0.4, -0.2) is 23.0 Å². The summed E-state index contributed by atoms with van der Waals surface area (Å²) in [7, 11) is 1.98. The first kappa shape index (κ1) is 27.3. The molecule has 0 atom stereocenters. The second kappa shape index (κ2) is 13.0. The number of halogens is 1. The van der Waals surface area contributed by atoms with Gasteiger partial charge in [0.1, 0.15) is 5.16 Å². The molecule has 0 bridgehead atoms. The lowest BCUT2D eigenvalue weighted by molar-refractivity contribution is -0.132. The molecule has 0 amide bonds. The highest BCUT2D eigenvalue weighted by Crippen LogP contribution is 2.37. The fourth-order valence-electron chi connectivity index (χ4n) is 3.90. The first-order valence-electron chi connectivity index (χ1n) is 12.1. The number of allylic oxidation sites excluding steroid dienone is 6. The van der Waals surface area contributed by atoms with Gasteiger partial charge in [0, 0.05) is 24.6 Å². The van der Waals surface area contributed by atoms with Gasteiger partial charge in [-0.1, -0.05) is 76.2 Å². The van der Waals surface area contributed by atoms with E-state index >= 15 is 0 Å². The zero-order valence-electron chi connectivity index (χ0n) is 21.0. The third-order valence-electron chi connectivity index (χ3n) is 5.84. The Balaban J connectivity index is 0.00000199. The molecule has 0 spiro atoms. The molecule has 1 aliphatic carbocycles. The van der Waals surface area contributed by atoms with E-state index in [0.717, 1.165) is 29.5 Å². The summed E-state index contributed by atoms with van der Waals surface area (Å²) in [6, 6.07) is 8.30. The Morgan fingerprint density at radius 1 is 1.18 bits per heavy atom. The van der Waals surface area contributed by atoms with Crippen LogP contribution in [0.5, 0.6) is 0 Å². The van der Waals surface area contributed by atoms with Gasteiger partial charge < -0.3 is 15.3 Å². The highest BCUT2D eigenvalue weighted by atomic mass is 35.5. The molecule has 0 radical (unpaired) electrons. The number of benzene rings is 1. The van der Waals surface area contributed by atoms with Crippen LogP contribution in [0.15, 0.2) is 83.5 Å². The zero-order chi connectivity index (χ0) is 25.3. The van der Waals surface area contributed by atoms with Crippen molar-refractivity contribution in [2.24, 2.45) is 5.92 Å². The second-order valence-corrected chi connectivity index (χ2v) is 8.30. The van der Waals surface area contributed by atoms with Crippen molar-refractivity contribution in [3.05, 3.63) is 94.6 Å². The first-order valence-corrected chi connectivity index (χ1v) is 12.5. The molecule has 2 N–H and O–H groups in total. The fraction of sp³-hybridized carbons (Fsp3) is 0.345. The Labute approximate surface area is 209 Å². The fourth-order valence-corrected chi connectivity index (χ4v) is 4.30.